The van der Waals surface area contributed by atoms with Crippen LogP contribution in [0.4, 0.5) is 0 Å². The molecule has 0 aliphatic carbocycles. The van der Waals surface area contributed by atoms with Gasteiger partial charge in [-0.1, -0.05) is 257 Å². The Morgan fingerprint density at radius 2 is 0.816 bits per heavy atom. The molecule has 76 heavy (non-hydrogen) atoms. The van der Waals surface area contributed by atoms with E-state index in [1.165, 1.54) is 96.3 Å². The van der Waals surface area contributed by atoms with Crippen molar-refractivity contribution in [1.29, 1.82) is 0 Å². The molecular weight excluding hydrogens is 960 g/mol. The van der Waals surface area contributed by atoms with Gasteiger partial charge in [0, 0.05) is 6.42 Å². The molecule has 0 fully saturated rings. The molecule has 0 rings (SSSR count). The molecule has 0 radical (unpaired) electrons. The number of aliphatic hydroxyl groups is 1. The summed E-state index contributed by atoms with van der Waals surface area (Å²) in [5.41, 5.74) is 0. The first-order valence-electron chi connectivity index (χ1n) is 30.5. The number of hydrogen-bond donors (Lipinski definition) is 2. The molecule has 3 atom stereocenters. The molecule has 0 bridgehead atoms. The maximum atomic E-state index is 13.0. The van der Waals surface area contributed by atoms with E-state index >= 15 is 0 Å². The maximum Gasteiger partial charge on any atom is 0.268 e. The number of carbonyl (C=O) groups is 1. The van der Waals surface area contributed by atoms with Gasteiger partial charge in [0.05, 0.1) is 39.9 Å². The Balaban J connectivity index is 4.31. The van der Waals surface area contributed by atoms with E-state index < -0.39 is 26.6 Å². The van der Waals surface area contributed by atoms with Gasteiger partial charge >= 0.3 is 0 Å². The normalized spacial score (nSPS) is 14.8. The summed E-state index contributed by atoms with van der Waals surface area (Å²) in [6.45, 7) is 4.49. The van der Waals surface area contributed by atoms with Gasteiger partial charge in [-0.05, 0) is 103 Å². The van der Waals surface area contributed by atoms with Crippen LogP contribution in [0.3, 0.4) is 0 Å². The molecule has 0 aliphatic rings. The molecule has 1 amide bonds. The van der Waals surface area contributed by atoms with E-state index in [-0.39, 0.29) is 12.5 Å². The second-order valence-electron chi connectivity index (χ2n) is 21.3. The third-order valence-electron chi connectivity index (χ3n) is 12.8. The first-order chi connectivity index (χ1) is 37.0. The standard InChI is InChI=1S/C67H115N2O6P/c1-6-8-10-12-14-16-18-20-22-24-26-28-29-30-31-32-33-34-35-36-37-38-39-41-43-45-47-49-51-53-55-57-59-61-67(71)68-65(64-75-76(72,73)74-63-62-69(3,4)5)66(70)60-58-56-54-52-50-48-46-44-42-40-27-25-23-21-19-17-15-13-11-9-7-2/h8,10,14,16,20,22,26,28,30-31,33-34,36-37,39,41,45,47,50,52,58,60,65-66,70H,6-7,9,11-13,15,17-19,21,23-25,27,29,32,35,38,40,42-44,46,48-49,51,53-57,59,61-64H2,1-5H3,(H-,68,71,72,73)/b10-8-,16-14-,22-20-,28-26-,31-30-,34-33-,37-36-,41-39-,47-45-,52-50+,60-58+. The van der Waals surface area contributed by atoms with Crippen LogP contribution in [0.1, 0.15) is 232 Å². The van der Waals surface area contributed by atoms with Gasteiger partial charge in [-0.15, -0.1) is 0 Å². The summed E-state index contributed by atoms with van der Waals surface area (Å²) in [6.07, 6.45) is 85.3. The highest BCUT2D eigenvalue weighted by atomic mass is 31.2. The summed E-state index contributed by atoms with van der Waals surface area (Å²) in [4.78, 5) is 25.5. The SMILES string of the molecule is CC/C=C\C/C=C\C/C=C\C/C=C\C/C=C\C/C=C\C/C=C\C/C=C\C/C=C\CCCCCCCC(=O)NC(COP(=O)([O-])OCC[N+](C)(C)C)C(O)/C=C/CC/C=C/CCCCCCCCCCCCCCCCC. The Hall–Kier alpha value is -3.36. The van der Waals surface area contributed by atoms with Crippen LogP contribution in [0.25, 0.3) is 0 Å². The number of nitrogens with zero attached hydrogens (tertiary/aromatic N) is 1. The Bertz CT molecular complexity index is 1700. The van der Waals surface area contributed by atoms with Gasteiger partial charge in [0.2, 0.25) is 5.91 Å². The van der Waals surface area contributed by atoms with Crippen molar-refractivity contribution in [2.45, 2.75) is 244 Å². The second kappa shape index (κ2) is 56.4. The molecule has 2 N–H and O–H groups in total. The van der Waals surface area contributed by atoms with Crippen molar-refractivity contribution in [2.75, 3.05) is 40.9 Å². The van der Waals surface area contributed by atoms with E-state index in [0.29, 0.717) is 17.4 Å². The van der Waals surface area contributed by atoms with Crippen molar-refractivity contribution in [3.8, 4) is 0 Å². The number of quaternary nitrogens is 1. The van der Waals surface area contributed by atoms with Gasteiger partial charge in [0.25, 0.3) is 7.82 Å². The van der Waals surface area contributed by atoms with E-state index in [1.54, 1.807) is 6.08 Å². The molecule has 0 aromatic carbocycles. The average molecular weight is 1080 g/mol. The fraction of sp³-hybridized carbons (Fsp3) is 0.657. The van der Waals surface area contributed by atoms with Gasteiger partial charge in [-0.3, -0.25) is 9.36 Å². The fourth-order valence-corrected chi connectivity index (χ4v) is 8.83. The van der Waals surface area contributed by atoms with Crippen molar-refractivity contribution < 1.29 is 32.9 Å². The number of nitrogens with one attached hydrogen (secondary N) is 1. The van der Waals surface area contributed by atoms with E-state index in [0.717, 1.165) is 116 Å². The van der Waals surface area contributed by atoms with Crippen molar-refractivity contribution in [3.63, 3.8) is 0 Å². The summed E-state index contributed by atoms with van der Waals surface area (Å²) in [5, 5.41) is 13.9. The van der Waals surface area contributed by atoms with Crippen LogP contribution >= 0.6 is 7.82 Å². The highest BCUT2D eigenvalue weighted by molar-refractivity contribution is 7.45. The van der Waals surface area contributed by atoms with Gasteiger partial charge in [0.1, 0.15) is 13.2 Å². The van der Waals surface area contributed by atoms with Crippen LogP contribution in [0, 0.1) is 0 Å². The summed E-state index contributed by atoms with van der Waals surface area (Å²) in [6, 6.07) is -0.925. The molecule has 0 spiro atoms. The minimum absolute atomic E-state index is 0.0178. The van der Waals surface area contributed by atoms with Gasteiger partial charge < -0.3 is 28.8 Å². The molecule has 8 nitrogen and oxygen atoms in total. The van der Waals surface area contributed by atoms with Gasteiger partial charge in [-0.25, -0.2) is 0 Å². The Morgan fingerprint density at radius 3 is 1.22 bits per heavy atom. The summed E-state index contributed by atoms with van der Waals surface area (Å²) in [7, 11) is 1.21. The minimum Gasteiger partial charge on any atom is -0.756 e. The number of unbranched alkanes of at least 4 members (excludes halogenated alkanes) is 21. The summed E-state index contributed by atoms with van der Waals surface area (Å²) in [5.74, 6) is -0.231. The number of carbonyl (C=O) groups excluding carboxylic acids is 1. The lowest BCUT2D eigenvalue weighted by molar-refractivity contribution is -0.870. The zero-order valence-electron chi connectivity index (χ0n) is 49.4. The third-order valence-corrected chi connectivity index (χ3v) is 13.8. The molecule has 0 saturated heterocycles. The van der Waals surface area contributed by atoms with Crippen molar-refractivity contribution in [3.05, 3.63) is 134 Å². The molecule has 0 saturated carbocycles. The van der Waals surface area contributed by atoms with Gasteiger partial charge in [-0.2, -0.15) is 0 Å². The van der Waals surface area contributed by atoms with Crippen LogP contribution in [0.2, 0.25) is 0 Å². The van der Waals surface area contributed by atoms with Crippen LogP contribution in [0.5, 0.6) is 0 Å². The molecule has 3 unspecified atom stereocenters. The number of phosphoric ester groups is 1. The zero-order chi connectivity index (χ0) is 55.6. The van der Waals surface area contributed by atoms with Crippen LogP contribution in [-0.4, -0.2) is 68.5 Å². The second-order valence-corrected chi connectivity index (χ2v) is 22.7. The Labute approximate surface area is 468 Å². The van der Waals surface area contributed by atoms with Gasteiger partial charge in [0.15, 0.2) is 0 Å². The smallest absolute Gasteiger partial charge is 0.268 e. The first-order valence-corrected chi connectivity index (χ1v) is 32.0. The fourth-order valence-electron chi connectivity index (χ4n) is 8.10. The molecule has 0 aromatic rings. The first kappa shape index (κ1) is 72.6. The summed E-state index contributed by atoms with van der Waals surface area (Å²) < 4.78 is 23.3. The Kier molecular flexibility index (Phi) is 53.9. The van der Waals surface area contributed by atoms with Crippen molar-refractivity contribution >= 4 is 13.7 Å². The topological polar surface area (TPSA) is 108 Å². The number of hydrogen-bond acceptors (Lipinski definition) is 6. The molecule has 434 valence electrons. The van der Waals surface area contributed by atoms with E-state index in [1.807, 2.05) is 27.2 Å². The van der Waals surface area contributed by atoms with Crippen LogP contribution in [0.15, 0.2) is 134 Å². The number of phosphoric acid groups is 1. The zero-order valence-corrected chi connectivity index (χ0v) is 50.3. The number of amides is 1. The molecule has 9 heteroatoms. The van der Waals surface area contributed by atoms with Crippen LogP contribution < -0.4 is 10.2 Å². The largest absolute Gasteiger partial charge is 0.756 e. The molecule has 0 aliphatic heterocycles. The molecule has 0 heterocycles. The highest BCUT2D eigenvalue weighted by Gasteiger charge is 2.23. The van der Waals surface area contributed by atoms with E-state index in [9.17, 15) is 19.4 Å². The predicted octanol–water partition coefficient (Wildman–Crippen LogP) is 18.5. The van der Waals surface area contributed by atoms with Crippen LogP contribution in [-0.2, 0) is 18.4 Å². The lowest BCUT2D eigenvalue weighted by Gasteiger charge is -2.29. The number of aliphatic hydroxyl groups excluding tert-OH is 1. The maximum absolute atomic E-state index is 13.0. The monoisotopic (exact) mass is 1070 g/mol. The number of allylic oxidation sites excluding steroid dienone is 21. The quantitative estimate of drug-likeness (QED) is 0.0272. The third kappa shape index (κ3) is 58.3. The highest BCUT2D eigenvalue weighted by Crippen LogP contribution is 2.38. The molecular formula is C67H115N2O6P. The molecule has 0 aromatic heterocycles. The predicted molar refractivity (Wildman–Crippen MR) is 329 cm³/mol. The van der Waals surface area contributed by atoms with Crippen molar-refractivity contribution in [1.82, 2.24) is 5.32 Å². The number of rotatable bonds is 54. The van der Waals surface area contributed by atoms with Crippen molar-refractivity contribution in [2.24, 2.45) is 0 Å². The lowest BCUT2D eigenvalue weighted by Crippen LogP contribution is -2.45. The number of likely N-dealkylation sites (N-methyl/N-ethyl adjacent to an activating group) is 1. The van der Waals surface area contributed by atoms with E-state index in [2.05, 4.69) is 141 Å². The average Bonchev–Trinajstić information content (AvgIpc) is 3.38. The summed E-state index contributed by atoms with van der Waals surface area (Å²) >= 11 is 0. The van der Waals surface area contributed by atoms with E-state index in [4.69, 9.17) is 9.05 Å². The Morgan fingerprint density at radius 1 is 0.474 bits per heavy atom. The lowest BCUT2D eigenvalue weighted by atomic mass is 10.0. The minimum atomic E-state index is -4.62.